The second kappa shape index (κ2) is 7.25. The van der Waals surface area contributed by atoms with E-state index in [2.05, 4.69) is 10.6 Å². The molecule has 0 heterocycles. The van der Waals surface area contributed by atoms with Crippen LogP contribution in [0.4, 0.5) is 24.5 Å². The number of carbonyl (C=O) groups is 1. The van der Waals surface area contributed by atoms with Crippen LogP contribution in [0.5, 0.6) is 5.75 Å². The zero-order valence-corrected chi connectivity index (χ0v) is 13.2. The molecule has 0 unspecified atom stereocenters. The number of alkyl halides is 3. The monoisotopic (exact) mass is 338 g/mol. The van der Waals surface area contributed by atoms with Crippen molar-refractivity contribution in [3.63, 3.8) is 0 Å². The lowest BCUT2D eigenvalue weighted by atomic mass is 10.2. The summed E-state index contributed by atoms with van der Waals surface area (Å²) in [6, 6.07) is 9.94. The molecule has 0 atom stereocenters. The number of halogens is 3. The highest BCUT2D eigenvalue weighted by Gasteiger charge is 2.30. The predicted octanol–water partition coefficient (Wildman–Crippen LogP) is 4.07. The third-order valence-corrected chi connectivity index (χ3v) is 3.27. The van der Waals surface area contributed by atoms with E-state index in [1.54, 1.807) is 6.07 Å². The van der Waals surface area contributed by atoms with Crippen LogP contribution in [0.3, 0.4) is 0 Å². The van der Waals surface area contributed by atoms with Crippen molar-refractivity contribution in [3.05, 3.63) is 53.6 Å². The van der Waals surface area contributed by atoms with Crippen LogP contribution in [0.25, 0.3) is 0 Å². The Kier molecular flexibility index (Phi) is 5.33. The number of methoxy groups -OCH3 is 1. The van der Waals surface area contributed by atoms with Gasteiger partial charge in [-0.05, 0) is 42.8 Å². The highest BCUT2D eigenvalue weighted by molar-refractivity contribution is 5.94. The van der Waals surface area contributed by atoms with E-state index >= 15 is 0 Å². The summed E-state index contributed by atoms with van der Waals surface area (Å²) in [5.74, 6) is 0.116. The Labute approximate surface area is 137 Å². The minimum atomic E-state index is -4.45. The lowest BCUT2D eigenvalue weighted by Crippen LogP contribution is -2.22. The molecule has 0 aromatic heterocycles. The molecule has 24 heavy (non-hydrogen) atoms. The third-order valence-electron chi connectivity index (χ3n) is 3.27. The molecule has 0 spiro atoms. The molecule has 0 aliphatic rings. The van der Waals surface area contributed by atoms with Crippen LogP contribution in [0.15, 0.2) is 42.5 Å². The highest BCUT2D eigenvalue weighted by Crippen LogP contribution is 2.30. The molecule has 0 fully saturated rings. The number of anilines is 2. The number of benzene rings is 2. The van der Waals surface area contributed by atoms with Crippen LogP contribution < -0.4 is 15.4 Å². The van der Waals surface area contributed by atoms with E-state index in [1.807, 2.05) is 19.1 Å². The molecule has 0 aliphatic heterocycles. The fourth-order valence-corrected chi connectivity index (χ4v) is 2.11. The Balaban J connectivity index is 2.01. The normalized spacial score (nSPS) is 11.0. The lowest BCUT2D eigenvalue weighted by molar-refractivity contribution is -0.137. The van der Waals surface area contributed by atoms with Crippen LogP contribution in [0.2, 0.25) is 0 Å². The Bertz CT molecular complexity index is 730. The highest BCUT2D eigenvalue weighted by atomic mass is 19.4. The van der Waals surface area contributed by atoms with E-state index < -0.39 is 17.6 Å². The molecule has 128 valence electrons. The summed E-state index contributed by atoms with van der Waals surface area (Å²) in [5, 5.41) is 5.35. The molecule has 2 aromatic rings. The molecule has 7 heteroatoms. The molecule has 0 saturated carbocycles. The second-order valence-corrected chi connectivity index (χ2v) is 5.18. The van der Waals surface area contributed by atoms with Gasteiger partial charge in [0.2, 0.25) is 5.91 Å². The molecule has 0 radical (unpaired) electrons. The first-order chi connectivity index (χ1) is 11.3. The maximum absolute atomic E-state index is 12.7. The lowest BCUT2D eigenvalue weighted by Gasteiger charge is -2.13. The number of amides is 1. The van der Waals surface area contributed by atoms with Gasteiger partial charge in [-0.1, -0.05) is 12.1 Å². The molecule has 0 bridgehead atoms. The van der Waals surface area contributed by atoms with E-state index in [9.17, 15) is 18.0 Å². The van der Waals surface area contributed by atoms with Gasteiger partial charge in [0, 0.05) is 5.69 Å². The Morgan fingerprint density at radius 2 is 1.92 bits per heavy atom. The Hall–Kier alpha value is -2.70. The van der Waals surface area contributed by atoms with Gasteiger partial charge in [-0.3, -0.25) is 4.79 Å². The first kappa shape index (κ1) is 17.7. The largest absolute Gasteiger partial charge is 0.495 e. The molecule has 2 rings (SSSR count). The standard InChI is InChI=1S/C17H17F3N2O2/c1-11-6-7-15(24-2)14(8-11)21-10-16(23)22-13-5-3-4-12(9-13)17(18,19)20/h3-9,21H,10H2,1-2H3,(H,22,23). The van der Waals surface area contributed by atoms with Crippen molar-refractivity contribution in [2.75, 3.05) is 24.3 Å². The molecule has 2 N–H and O–H groups in total. The van der Waals surface area contributed by atoms with Gasteiger partial charge in [0.05, 0.1) is 24.9 Å². The van der Waals surface area contributed by atoms with E-state index in [-0.39, 0.29) is 12.2 Å². The maximum Gasteiger partial charge on any atom is 0.416 e. The SMILES string of the molecule is COc1ccc(C)cc1NCC(=O)Nc1cccc(C(F)(F)F)c1. The van der Waals surface area contributed by atoms with E-state index in [1.165, 1.54) is 19.2 Å². The first-order valence-corrected chi connectivity index (χ1v) is 7.15. The average molecular weight is 338 g/mol. The fraction of sp³-hybridized carbons (Fsp3) is 0.235. The summed E-state index contributed by atoms with van der Waals surface area (Å²) in [6.07, 6.45) is -4.45. The molecule has 4 nitrogen and oxygen atoms in total. The average Bonchev–Trinajstić information content (AvgIpc) is 2.52. The number of ether oxygens (including phenoxy) is 1. The minimum absolute atomic E-state index is 0.0906. The van der Waals surface area contributed by atoms with Crippen LogP contribution in [-0.4, -0.2) is 19.6 Å². The van der Waals surface area contributed by atoms with Gasteiger partial charge in [0.1, 0.15) is 5.75 Å². The van der Waals surface area contributed by atoms with Crippen molar-refractivity contribution in [1.29, 1.82) is 0 Å². The maximum atomic E-state index is 12.7. The van der Waals surface area contributed by atoms with Crippen molar-refractivity contribution < 1.29 is 22.7 Å². The third kappa shape index (κ3) is 4.65. The van der Waals surface area contributed by atoms with Crippen molar-refractivity contribution in [3.8, 4) is 5.75 Å². The topological polar surface area (TPSA) is 50.4 Å². The molecule has 0 aliphatic carbocycles. The summed E-state index contributed by atoms with van der Waals surface area (Å²) < 4.78 is 43.2. The van der Waals surface area contributed by atoms with Crippen LogP contribution in [-0.2, 0) is 11.0 Å². The van der Waals surface area contributed by atoms with E-state index in [0.717, 1.165) is 17.7 Å². The zero-order chi connectivity index (χ0) is 17.7. The van der Waals surface area contributed by atoms with Gasteiger partial charge in [0.15, 0.2) is 0 Å². The summed E-state index contributed by atoms with van der Waals surface area (Å²) in [6.45, 7) is 1.80. The van der Waals surface area contributed by atoms with Crippen LogP contribution in [0.1, 0.15) is 11.1 Å². The van der Waals surface area contributed by atoms with Crippen LogP contribution in [0, 0.1) is 6.92 Å². The number of carbonyl (C=O) groups excluding carboxylic acids is 1. The van der Waals surface area contributed by atoms with Crippen molar-refractivity contribution in [2.45, 2.75) is 13.1 Å². The summed E-state index contributed by atoms with van der Waals surface area (Å²) >= 11 is 0. The van der Waals surface area contributed by atoms with Gasteiger partial charge in [-0.25, -0.2) is 0 Å². The minimum Gasteiger partial charge on any atom is -0.495 e. The summed E-state index contributed by atoms with van der Waals surface area (Å²) in [5.41, 5.74) is 0.898. The Morgan fingerprint density at radius 1 is 1.17 bits per heavy atom. The second-order valence-electron chi connectivity index (χ2n) is 5.18. The number of aryl methyl sites for hydroxylation is 1. The Morgan fingerprint density at radius 3 is 2.58 bits per heavy atom. The fourth-order valence-electron chi connectivity index (χ4n) is 2.11. The van der Waals surface area contributed by atoms with Gasteiger partial charge >= 0.3 is 6.18 Å². The van der Waals surface area contributed by atoms with Crippen molar-refractivity contribution in [2.24, 2.45) is 0 Å². The molecular formula is C17H17F3N2O2. The number of hydrogen-bond donors (Lipinski definition) is 2. The van der Waals surface area contributed by atoms with Gasteiger partial charge < -0.3 is 15.4 Å². The number of hydrogen-bond acceptors (Lipinski definition) is 3. The molecule has 0 saturated heterocycles. The molecule has 1 amide bonds. The van der Waals surface area contributed by atoms with Gasteiger partial charge in [0.25, 0.3) is 0 Å². The van der Waals surface area contributed by atoms with Gasteiger partial charge in [-0.2, -0.15) is 13.2 Å². The van der Waals surface area contributed by atoms with Gasteiger partial charge in [-0.15, -0.1) is 0 Å². The van der Waals surface area contributed by atoms with Crippen LogP contribution >= 0.6 is 0 Å². The van der Waals surface area contributed by atoms with Crippen molar-refractivity contribution >= 4 is 17.3 Å². The number of nitrogens with one attached hydrogen (secondary N) is 2. The first-order valence-electron chi connectivity index (χ1n) is 7.15. The summed E-state index contributed by atoms with van der Waals surface area (Å²) in [4.78, 5) is 11.9. The smallest absolute Gasteiger partial charge is 0.416 e. The molecule has 2 aromatic carbocycles. The zero-order valence-electron chi connectivity index (χ0n) is 13.2. The predicted molar refractivity (Wildman–Crippen MR) is 86.3 cm³/mol. The molecular weight excluding hydrogens is 321 g/mol. The number of rotatable bonds is 5. The van der Waals surface area contributed by atoms with E-state index in [4.69, 9.17) is 4.74 Å². The quantitative estimate of drug-likeness (QED) is 0.864. The van der Waals surface area contributed by atoms with E-state index in [0.29, 0.717) is 11.4 Å². The summed E-state index contributed by atoms with van der Waals surface area (Å²) in [7, 11) is 1.51. The van der Waals surface area contributed by atoms with Crippen molar-refractivity contribution in [1.82, 2.24) is 0 Å².